The predicted molar refractivity (Wildman–Crippen MR) is 89.5 cm³/mol. The fourth-order valence-corrected chi connectivity index (χ4v) is 2.39. The average Bonchev–Trinajstić information content (AvgIpc) is 2.51. The minimum absolute atomic E-state index is 0.762. The molecule has 0 amide bonds. The van der Waals surface area contributed by atoms with E-state index in [1.165, 1.54) is 11.1 Å². The van der Waals surface area contributed by atoms with Gasteiger partial charge >= 0.3 is 0 Å². The molecule has 0 unspecified atom stereocenters. The van der Waals surface area contributed by atoms with Gasteiger partial charge in [-0.25, -0.2) is 0 Å². The fraction of sp³-hybridized carbons (Fsp3) is 0.167. The van der Waals surface area contributed by atoms with Crippen molar-refractivity contribution in [2.45, 2.75) is 13.1 Å². The van der Waals surface area contributed by atoms with Crippen LogP contribution in [0.25, 0.3) is 0 Å². The molecule has 106 valence electrons. The molecule has 2 aromatic rings. The third kappa shape index (κ3) is 5.55. The lowest BCUT2D eigenvalue weighted by Crippen LogP contribution is -2.22. The van der Waals surface area contributed by atoms with Crippen LogP contribution in [0.1, 0.15) is 11.1 Å². The van der Waals surface area contributed by atoms with E-state index in [4.69, 9.17) is 5.26 Å². The summed E-state index contributed by atoms with van der Waals surface area (Å²) in [5.41, 5.74) is 2.54. The Hall–Kier alpha value is -1.89. The number of benzene rings is 2. The van der Waals surface area contributed by atoms with Gasteiger partial charge in [0.05, 0.1) is 6.07 Å². The van der Waals surface area contributed by atoms with Crippen LogP contribution in [0.15, 0.2) is 71.2 Å². The molecule has 0 heterocycles. The molecule has 2 nitrogen and oxygen atoms in total. The lowest BCUT2D eigenvalue weighted by molar-refractivity contribution is 0.286. The Kier molecular flexibility index (Phi) is 6.21. The van der Waals surface area contributed by atoms with E-state index in [9.17, 15) is 0 Å². The van der Waals surface area contributed by atoms with Crippen LogP contribution in [-0.4, -0.2) is 11.4 Å². The van der Waals surface area contributed by atoms with E-state index in [-0.39, 0.29) is 0 Å². The predicted octanol–water partition coefficient (Wildman–Crippen LogP) is 4.53. The first-order chi connectivity index (χ1) is 10.3. The fourth-order valence-electron chi connectivity index (χ4n) is 2.13. The van der Waals surface area contributed by atoms with Gasteiger partial charge in [-0.2, -0.15) is 5.26 Å². The van der Waals surface area contributed by atoms with Crippen LogP contribution in [0.2, 0.25) is 0 Å². The summed E-state index contributed by atoms with van der Waals surface area (Å²) in [5.74, 6) is 0. The SMILES string of the molecule is N#C/C=C/CN(Cc1ccccc1)Cc1ccc(Br)cc1. The first-order valence-electron chi connectivity index (χ1n) is 6.83. The van der Waals surface area contributed by atoms with Gasteiger partial charge in [-0.05, 0) is 23.3 Å². The smallest absolute Gasteiger partial charge is 0.0909 e. The molecule has 0 N–H and O–H groups in total. The zero-order chi connectivity index (χ0) is 14.9. The maximum absolute atomic E-state index is 8.63. The van der Waals surface area contributed by atoms with Gasteiger partial charge in [-0.3, -0.25) is 4.90 Å². The molecule has 21 heavy (non-hydrogen) atoms. The van der Waals surface area contributed by atoms with Gasteiger partial charge in [0.1, 0.15) is 0 Å². The number of halogens is 1. The summed E-state index contributed by atoms with van der Waals surface area (Å²) >= 11 is 3.46. The third-order valence-corrected chi connectivity index (χ3v) is 3.65. The molecule has 0 spiro atoms. The van der Waals surface area contributed by atoms with E-state index in [0.29, 0.717) is 0 Å². The summed E-state index contributed by atoms with van der Waals surface area (Å²) < 4.78 is 1.09. The van der Waals surface area contributed by atoms with Gasteiger partial charge in [0.2, 0.25) is 0 Å². The van der Waals surface area contributed by atoms with Crippen molar-refractivity contribution >= 4 is 15.9 Å². The molecule has 0 radical (unpaired) electrons. The quantitative estimate of drug-likeness (QED) is 0.722. The second kappa shape index (κ2) is 8.41. The maximum Gasteiger partial charge on any atom is 0.0909 e. The van der Waals surface area contributed by atoms with Crippen LogP contribution in [0.3, 0.4) is 0 Å². The minimum atomic E-state index is 0.762. The molecule has 2 aromatic carbocycles. The van der Waals surface area contributed by atoms with Crippen molar-refractivity contribution in [3.05, 3.63) is 82.3 Å². The van der Waals surface area contributed by atoms with Crippen molar-refractivity contribution in [2.24, 2.45) is 0 Å². The number of nitrogens with zero attached hydrogens (tertiary/aromatic N) is 2. The molecule has 3 heteroatoms. The summed E-state index contributed by atoms with van der Waals surface area (Å²) in [7, 11) is 0. The molecule has 0 aliphatic carbocycles. The Morgan fingerprint density at radius 2 is 1.57 bits per heavy atom. The Bertz CT molecular complexity index is 612. The van der Waals surface area contributed by atoms with Crippen LogP contribution >= 0.6 is 15.9 Å². The van der Waals surface area contributed by atoms with Crippen LogP contribution in [0.5, 0.6) is 0 Å². The molecular weight excluding hydrogens is 324 g/mol. The van der Waals surface area contributed by atoms with Gasteiger partial charge in [-0.15, -0.1) is 0 Å². The largest absolute Gasteiger partial charge is 0.291 e. The molecule has 0 saturated heterocycles. The Morgan fingerprint density at radius 3 is 2.19 bits per heavy atom. The van der Waals surface area contributed by atoms with Crippen molar-refractivity contribution in [1.82, 2.24) is 4.90 Å². The summed E-state index contributed by atoms with van der Waals surface area (Å²) in [5, 5.41) is 8.63. The molecule has 0 atom stereocenters. The molecule has 0 saturated carbocycles. The zero-order valence-corrected chi connectivity index (χ0v) is 13.3. The molecular formula is C18H17BrN2. The summed E-state index contributed by atoms with van der Waals surface area (Å²) in [6, 6.07) is 20.8. The van der Waals surface area contributed by atoms with E-state index in [1.807, 2.05) is 18.2 Å². The van der Waals surface area contributed by atoms with Gasteiger partial charge in [-0.1, -0.05) is 64.5 Å². The zero-order valence-electron chi connectivity index (χ0n) is 11.7. The Morgan fingerprint density at radius 1 is 0.952 bits per heavy atom. The van der Waals surface area contributed by atoms with E-state index in [1.54, 1.807) is 6.08 Å². The van der Waals surface area contributed by atoms with Gasteiger partial charge in [0.25, 0.3) is 0 Å². The summed E-state index contributed by atoms with van der Waals surface area (Å²) in [6.45, 7) is 2.49. The normalized spacial score (nSPS) is 10.9. The maximum atomic E-state index is 8.63. The van der Waals surface area contributed by atoms with Gasteiger partial charge in [0.15, 0.2) is 0 Å². The first-order valence-corrected chi connectivity index (χ1v) is 7.62. The second-order valence-corrected chi connectivity index (χ2v) is 5.73. The molecule has 0 aliphatic rings. The lowest BCUT2D eigenvalue weighted by Gasteiger charge is -2.21. The van der Waals surface area contributed by atoms with Gasteiger partial charge < -0.3 is 0 Å². The Labute approximate surface area is 134 Å². The highest BCUT2D eigenvalue weighted by Crippen LogP contribution is 2.14. The monoisotopic (exact) mass is 340 g/mol. The number of allylic oxidation sites excluding steroid dienone is 1. The lowest BCUT2D eigenvalue weighted by atomic mass is 10.1. The highest BCUT2D eigenvalue weighted by Gasteiger charge is 2.05. The highest BCUT2D eigenvalue weighted by molar-refractivity contribution is 9.10. The number of rotatable bonds is 6. The second-order valence-electron chi connectivity index (χ2n) is 4.81. The third-order valence-electron chi connectivity index (χ3n) is 3.12. The van der Waals surface area contributed by atoms with E-state index >= 15 is 0 Å². The van der Waals surface area contributed by atoms with Crippen LogP contribution in [-0.2, 0) is 13.1 Å². The van der Waals surface area contributed by atoms with Crippen LogP contribution in [0.4, 0.5) is 0 Å². The van der Waals surface area contributed by atoms with Crippen molar-refractivity contribution in [3.63, 3.8) is 0 Å². The molecule has 0 aliphatic heterocycles. The van der Waals surface area contributed by atoms with Crippen molar-refractivity contribution in [1.29, 1.82) is 5.26 Å². The van der Waals surface area contributed by atoms with Crippen LogP contribution in [0, 0.1) is 11.3 Å². The van der Waals surface area contributed by atoms with Crippen LogP contribution < -0.4 is 0 Å². The number of nitriles is 1. The number of hydrogen-bond donors (Lipinski definition) is 0. The standard InChI is InChI=1S/C18H17BrN2/c19-18-10-8-17(9-11-18)15-21(13-5-4-12-20)14-16-6-2-1-3-7-16/h1-11H,13-15H2/b5-4+. The van der Waals surface area contributed by atoms with E-state index < -0.39 is 0 Å². The highest BCUT2D eigenvalue weighted by atomic mass is 79.9. The topological polar surface area (TPSA) is 27.0 Å². The van der Waals surface area contributed by atoms with E-state index in [0.717, 1.165) is 24.1 Å². The number of hydrogen-bond acceptors (Lipinski definition) is 2. The van der Waals surface area contributed by atoms with Crippen molar-refractivity contribution in [3.8, 4) is 6.07 Å². The molecule has 2 rings (SSSR count). The molecule has 0 aromatic heterocycles. The first kappa shape index (κ1) is 15.5. The average molecular weight is 341 g/mol. The van der Waals surface area contributed by atoms with Crippen molar-refractivity contribution in [2.75, 3.05) is 6.54 Å². The van der Waals surface area contributed by atoms with Crippen molar-refractivity contribution < 1.29 is 0 Å². The molecule has 0 bridgehead atoms. The van der Waals surface area contributed by atoms with E-state index in [2.05, 4.69) is 69.4 Å². The molecule has 0 fully saturated rings. The minimum Gasteiger partial charge on any atom is -0.291 e. The Balaban J connectivity index is 2.06. The summed E-state index contributed by atoms with van der Waals surface area (Å²) in [4.78, 5) is 2.31. The van der Waals surface area contributed by atoms with Gasteiger partial charge in [0, 0.05) is 30.2 Å². The summed E-state index contributed by atoms with van der Waals surface area (Å²) in [6.07, 6.45) is 3.45.